The minimum atomic E-state index is -0.683. The molecule has 1 aliphatic heterocycles. The molecule has 0 radical (unpaired) electrons. The summed E-state index contributed by atoms with van der Waals surface area (Å²) in [7, 11) is 0. The van der Waals surface area contributed by atoms with Gasteiger partial charge in [-0.3, -0.25) is 0 Å². The SMILES string of the molecule is C.CCO/N=C(/COc1ccc(-c2ccc(C3COC(c4c(F)cccc4F)=N3)cc2)cc1)C1CC1. The lowest BCUT2D eigenvalue weighted by atomic mass is 10.0. The molecule has 0 saturated heterocycles. The Kier molecular flexibility index (Phi) is 7.98. The van der Waals surface area contributed by atoms with Gasteiger partial charge in [0.05, 0.1) is 5.71 Å². The van der Waals surface area contributed by atoms with Crippen molar-refractivity contribution in [2.75, 3.05) is 19.8 Å². The first-order valence-electron chi connectivity index (χ1n) is 11.8. The number of rotatable bonds is 9. The lowest BCUT2D eigenvalue weighted by Crippen LogP contribution is -2.14. The quantitative estimate of drug-likeness (QED) is 0.239. The Labute approximate surface area is 210 Å². The van der Waals surface area contributed by atoms with E-state index >= 15 is 0 Å². The van der Waals surface area contributed by atoms with Crippen LogP contribution in [0.3, 0.4) is 0 Å². The first-order valence-corrected chi connectivity index (χ1v) is 11.8. The summed E-state index contributed by atoms with van der Waals surface area (Å²) in [6.07, 6.45) is 2.29. The molecule has 1 saturated carbocycles. The standard InChI is InChI=1S/C28H26F2N2O3.CH4/c1-2-35-32-26(21-10-11-21)17-33-22-14-12-19(13-15-22)18-6-8-20(9-7-18)25-16-34-28(31-25)27-23(29)4-3-5-24(27)30;/h3-9,12-15,21,25H,2,10-11,16-17H2,1H3;1H4/b32-26-;. The van der Waals surface area contributed by atoms with E-state index in [2.05, 4.69) is 10.1 Å². The van der Waals surface area contributed by atoms with Gasteiger partial charge in [-0.2, -0.15) is 0 Å². The zero-order valence-corrected chi connectivity index (χ0v) is 19.4. The minimum Gasteiger partial charge on any atom is -0.488 e. The van der Waals surface area contributed by atoms with Gasteiger partial charge in [0.15, 0.2) is 0 Å². The number of hydrogen-bond donors (Lipinski definition) is 0. The molecule has 3 aromatic carbocycles. The highest BCUT2D eigenvalue weighted by Crippen LogP contribution is 2.32. The minimum absolute atomic E-state index is 0. The summed E-state index contributed by atoms with van der Waals surface area (Å²) in [5, 5.41) is 4.19. The fourth-order valence-electron chi connectivity index (χ4n) is 3.96. The van der Waals surface area contributed by atoms with Crippen molar-refractivity contribution in [3.8, 4) is 16.9 Å². The van der Waals surface area contributed by atoms with Gasteiger partial charge in [0.2, 0.25) is 5.90 Å². The Morgan fingerprint density at radius 3 is 2.22 bits per heavy atom. The van der Waals surface area contributed by atoms with E-state index in [9.17, 15) is 8.78 Å². The van der Waals surface area contributed by atoms with E-state index in [1.807, 2.05) is 55.5 Å². The third-order valence-electron chi connectivity index (χ3n) is 6.06. The van der Waals surface area contributed by atoms with Crippen LogP contribution in [-0.2, 0) is 9.57 Å². The Hall–Kier alpha value is -3.74. The van der Waals surface area contributed by atoms with Gasteiger partial charge < -0.3 is 14.3 Å². The van der Waals surface area contributed by atoms with E-state index in [-0.39, 0.29) is 31.5 Å². The summed E-state index contributed by atoms with van der Waals surface area (Å²) in [6, 6.07) is 19.2. The van der Waals surface area contributed by atoms with Crippen LogP contribution in [-0.4, -0.2) is 31.4 Å². The van der Waals surface area contributed by atoms with Crippen LogP contribution < -0.4 is 4.74 Å². The molecule has 0 amide bonds. The van der Waals surface area contributed by atoms with Crippen molar-refractivity contribution in [2.45, 2.75) is 33.2 Å². The molecule has 5 nitrogen and oxygen atoms in total. The van der Waals surface area contributed by atoms with E-state index in [4.69, 9.17) is 14.3 Å². The molecular weight excluding hydrogens is 462 g/mol. The fraction of sp³-hybridized carbons (Fsp3) is 0.310. The molecule has 3 aromatic rings. The molecule has 1 heterocycles. The summed E-state index contributed by atoms with van der Waals surface area (Å²) in [6.45, 7) is 3.14. The van der Waals surface area contributed by atoms with Crippen molar-refractivity contribution >= 4 is 11.6 Å². The lowest BCUT2D eigenvalue weighted by Gasteiger charge is -2.10. The second-order valence-corrected chi connectivity index (χ2v) is 8.57. The number of benzene rings is 3. The molecule has 1 fully saturated rings. The highest BCUT2D eigenvalue weighted by atomic mass is 19.1. The molecule has 0 spiro atoms. The number of hydrogen-bond acceptors (Lipinski definition) is 5. The highest BCUT2D eigenvalue weighted by Gasteiger charge is 2.29. The largest absolute Gasteiger partial charge is 0.488 e. The Bertz CT molecular complexity index is 1220. The van der Waals surface area contributed by atoms with Crippen LogP contribution in [0.5, 0.6) is 5.75 Å². The van der Waals surface area contributed by atoms with E-state index in [1.54, 1.807) is 0 Å². The normalized spacial score (nSPS) is 17.1. The predicted molar refractivity (Wildman–Crippen MR) is 137 cm³/mol. The molecule has 36 heavy (non-hydrogen) atoms. The van der Waals surface area contributed by atoms with Gasteiger partial charge in [0, 0.05) is 5.92 Å². The van der Waals surface area contributed by atoms with Gasteiger partial charge in [-0.15, -0.1) is 0 Å². The van der Waals surface area contributed by atoms with Gasteiger partial charge in [0.25, 0.3) is 0 Å². The summed E-state index contributed by atoms with van der Waals surface area (Å²) < 4.78 is 39.5. The average molecular weight is 493 g/mol. The van der Waals surface area contributed by atoms with Crippen LogP contribution in [0.1, 0.15) is 44.4 Å². The smallest absolute Gasteiger partial charge is 0.222 e. The van der Waals surface area contributed by atoms with E-state index in [1.165, 1.54) is 18.2 Å². The molecule has 0 N–H and O–H groups in total. The summed E-state index contributed by atoms with van der Waals surface area (Å²) >= 11 is 0. The monoisotopic (exact) mass is 492 g/mol. The lowest BCUT2D eigenvalue weighted by molar-refractivity contribution is 0.155. The third-order valence-corrected chi connectivity index (χ3v) is 6.06. The predicted octanol–water partition coefficient (Wildman–Crippen LogP) is 6.97. The number of nitrogens with zero attached hydrogens (tertiary/aromatic N) is 2. The van der Waals surface area contributed by atoms with Gasteiger partial charge in [0.1, 0.15) is 48.8 Å². The summed E-state index contributed by atoms with van der Waals surface area (Å²) in [4.78, 5) is 9.62. The van der Waals surface area contributed by atoms with Crippen LogP contribution in [0.2, 0.25) is 0 Å². The Morgan fingerprint density at radius 2 is 1.61 bits per heavy atom. The van der Waals surface area contributed by atoms with Crippen molar-refractivity contribution in [1.29, 1.82) is 0 Å². The zero-order valence-electron chi connectivity index (χ0n) is 19.4. The zero-order chi connectivity index (χ0) is 24.2. The number of ether oxygens (including phenoxy) is 2. The second-order valence-electron chi connectivity index (χ2n) is 8.57. The molecule has 5 rings (SSSR count). The number of oxime groups is 1. The summed E-state index contributed by atoms with van der Waals surface area (Å²) in [5.41, 5.74) is 3.75. The van der Waals surface area contributed by atoms with Crippen molar-refractivity contribution in [3.63, 3.8) is 0 Å². The summed E-state index contributed by atoms with van der Waals surface area (Å²) in [5.74, 6) is -0.104. The Morgan fingerprint density at radius 1 is 0.972 bits per heavy atom. The number of halogens is 2. The first kappa shape index (κ1) is 25.4. The molecule has 7 heteroatoms. The van der Waals surface area contributed by atoms with Crippen LogP contribution in [0, 0.1) is 17.6 Å². The maximum atomic E-state index is 14.1. The van der Waals surface area contributed by atoms with Gasteiger partial charge in [-0.05, 0) is 60.7 Å². The molecule has 0 bridgehead atoms. The molecule has 1 aliphatic carbocycles. The number of aliphatic imine (C=N–C) groups is 1. The van der Waals surface area contributed by atoms with Crippen LogP contribution in [0.15, 0.2) is 76.9 Å². The second kappa shape index (κ2) is 11.3. The van der Waals surface area contributed by atoms with E-state index in [0.29, 0.717) is 19.1 Å². The van der Waals surface area contributed by atoms with Crippen molar-refractivity contribution in [2.24, 2.45) is 16.1 Å². The van der Waals surface area contributed by atoms with E-state index < -0.39 is 11.6 Å². The third kappa shape index (κ3) is 5.73. The maximum Gasteiger partial charge on any atom is 0.222 e. The van der Waals surface area contributed by atoms with Crippen LogP contribution >= 0.6 is 0 Å². The molecule has 1 unspecified atom stereocenters. The topological polar surface area (TPSA) is 52.4 Å². The van der Waals surface area contributed by atoms with Gasteiger partial charge in [-0.25, -0.2) is 13.8 Å². The molecule has 0 aromatic heterocycles. The van der Waals surface area contributed by atoms with Gasteiger partial charge >= 0.3 is 0 Å². The molecule has 2 aliphatic rings. The Balaban J connectivity index is 0.00000304. The average Bonchev–Trinajstić information content (AvgIpc) is 3.61. The first-order chi connectivity index (χ1) is 17.1. The molecular formula is C29H30F2N2O3. The van der Waals surface area contributed by atoms with Gasteiger partial charge in [-0.1, -0.05) is 55.0 Å². The van der Waals surface area contributed by atoms with Crippen molar-refractivity contribution in [1.82, 2.24) is 0 Å². The van der Waals surface area contributed by atoms with Crippen LogP contribution in [0.4, 0.5) is 8.78 Å². The van der Waals surface area contributed by atoms with Crippen molar-refractivity contribution < 1.29 is 23.1 Å². The van der Waals surface area contributed by atoms with E-state index in [0.717, 1.165) is 41.0 Å². The van der Waals surface area contributed by atoms with Crippen LogP contribution in [0.25, 0.3) is 11.1 Å². The van der Waals surface area contributed by atoms with Crippen molar-refractivity contribution in [3.05, 3.63) is 89.5 Å². The highest BCUT2D eigenvalue weighted by molar-refractivity contribution is 5.95. The fourth-order valence-corrected chi connectivity index (χ4v) is 3.96. The maximum absolute atomic E-state index is 14.1. The molecule has 1 atom stereocenters. The molecule has 188 valence electrons.